The van der Waals surface area contributed by atoms with Crippen LogP contribution in [0.15, 0.2) is 48.5 Å². The summed E-state index contributed by atoms with van der Waals surface area (Å²) in [6.07, 6.45) is -1.15. The van der Waals surface area contributed by atoms with E-state index in [0.29, 0.717) is 4.88 Å². The fraction of sp³-hybridized carbons (Fsp3) is 0.111. The molecule has 0 unspecified atom stereocenters. The van der Waals surface area contributed by atoms with E-state index < -0.39 is 34.4 Å². The molecule has 2 aromatic carbocycles. The molecule has 3 rings (SSSR count). The van der Waals surface area contributed by atoms with Gasteiger partial charge < -0.3 is 10.1 Å². The zero-order valence-electron chi connectivity index (χ0n) is 14.0. The Bertz CT molecular complexity index is 1020. The molecule has 0 bridgehead atoms. The molecular weight excluding hydrogens is 375 g/mol. The second-order valence-electron chi connectivity index (χ2n) is 5.61. The predicted octanol–water partition coefficient (Wildman–Crippen LogP) is 4.13. The van der Waals surface area contributed by atoms with Gasteiger partial charge in [-0.2, -0.15) is 4.39 Å². The summed E-state index contributed by atoms with van der Waals surface area (Å²) in [5.74, 6) is -2.35. The maximum atomic E-state index is 13.3. The van der Waals surface area contributed by atoms with Crippen molar-refractivity contribution in [3.05, 3.63) is 69.3 Å². The van der Waals surface area contributed by atoms with Gasteiger partial charge in [-0.05, 0) is 36.6 Å². The first kappa shape index (κ1) is 18.5. The van der Waals surface area contributed by atoms with E-state index in [1.54, 1.807) is 6.07 Å². The number of amides is 1. The lowest BCUT2D eigenvalue weighted by atomic mass is 10.2. The standard InChI is InChI=1S/C18H13FN2O5S/c1-10(17(22)20-12-6-7-13(19)14(9-12)21(24)25)26-18(23)16-8-11-4-2-3-5-15(11)27-16/h2-10H,1H3,(H,20,22)/t10-/m0/s1. The third kappa shape index (κ3) is 4.09. The molecule has 27 heavy (non-hydrogen) atoms. The highest BCUT2D eigenvalue weighted by atomic mass is 32.1. The average molecular weight is 388 g/mol. The van der Waals surface area contributed by atoms with Crippen LogP contribution in [-0.2, 0) is 9.53 Å². The first-order valence-electron chi connectivity index (χ1n) is 7.79. The summed E-state index contributed by atoms with van der Waals surface area (Å²) in [5.41, 5.74) is -0.736. The number of carbonyl (C=O) groups is 2. The van der Waals surface area contributed by atoms with Crippen LogP contribution in [0.1, 0.15) is 16.6 Å². The van der Waals surface area contributed by atoms with Crippen LogP contribution in [0.2, 0.25) is 0 Å². The molecule has 0 radical (unpaired) electrons. The fourth-order valence-electron chi connectivity index (χ4n) is 2.33. The van der Waals surface area contributed by atoms with Crippen molar-refractivity contribution in [2.24, 2.45) is 0 Å². The minimum absolute atomic E-state index is 0.0258. The van der Waals surface area contributed by atoms with Crippen molar-refractivity contribution >= 4 is 44.7 Å². The van der Waals surface area contributed by atoms with Crippen molar-refractivity contribution in [3.63, 3.8) is 0 Å². The lowest BCUT2D eigenvalue weighted by Crippen LogP contribution is -2.29. The number of rotatable bonds is 5. The summed E-state index contributed by atoms with van der Waals surface area (Å²) >= 11 is 1.25. The Kier molecular flexibility index (Phi) is 5.13. The van der Waals surface area contributed by atoms with Gasteiger partial charge in [-0.1, -0.05) is 18.2 Å². The van der Waals surface area contributed by atoms with Crippen LogP contribution in [0.4, 0.5) is 15.8 Å². The van der Waals surface area contributed by atoms with E-state index in [2.05, 4.69) is 5.32 Å². The second kappa shape index (κ2) is 7.50. The van der Waals surface area contributed by atoms with Gasteiger partial charge in [0, 0.05) is 16.5 Å². The van der Waals surface area contributed by atoms with E-state index in [9.17, 15) is 24.1 Å². The molecular formula is C18H13FN2O5S. The highest BCUT2D eigenvalue weighted by Gasteiger charge is 2.22. The molecule has 0 aliphatic carbocycles. The molecule has 138 valence electrons. The summed E-state index contributed by atoms with van der Waals surface area (Å²) in [5, 5.41) is 14.0. The van der Waals surface area contributed by atoms with Crippen molar-refractivity contribution in [3.8, 4) is 0 Å². The number of nitrogens with zero attached hydrogens (tertiary/aromatic N) is 1. The van der Waals surface area contributed by atoms with Crippen molar-refractivity contribution < 1.29 is 23.6 Å². The van der Waals surface area contributed by atoms with Crippen LogP contribution < -0.4 is 5.32 Å². The second-order valence-corrected chi connectivity index (χ2v) is 6.69. The van der Waals surface area contributed by atoms with E-state index in [0.717, 1.165) is 22.2 Å². The Hall–Kier alpha value is -3.33. The highest BCUT2D eigenvalue weighted by molar-refractivity contribution is 7.20. The number of nitro benzene ring substituents is 1. The Morgan fingerprint density at radius 2 is 1.96 bits per heavy atom. The number of hydrogen-bond acceptors (Lipinski definition) is 6. The number of fused-ring (bicyclic) bond motifs is 1. The molecule has 9 heteroatoms. The fourth-order valence-corrected chi connectivity index (χ4v) is 3.27. The lowest BCUT2D eigenvalue weighted by molar-refractivity contribution is -0.387. The molecule has 3 aromatic rings. The summed E-state index contributed by atoms with van der Waals surface area (Å²) in [6.45, 7) is 1.37. The van der Waals surface area contributed by atoms with Gasteiger partial charge in [0.05, 0.1) is 4.92 Å². The molecule has 0 saturated carbocycles. The minimum Gasteiger partial charge on any atom is -0.448 e. The largest absolute Gasteiger partial charge is 0.448 e. The molecule has 1 amide bonds. The molecule has 0 spiro atoms. The van der Waals surface area contributed by atoms with Gasteiger partial charge in [-0.3, -0.25) is 14.9 Å². The van der Waals surface area contributed by atoms with Crippen molar-refractivity contribution in [2.45, 2.75) is 13.0 Å². The number of halogens is 1. The Balaban J connectivity index is 1.67. The van der Waals surface area contributed by atoms with E-state index in [1.807, 2.05) is 24.3 Å². The SMILES string of the molecule is C[C@H](OC(=O)c1cc2ccccc2s1)C(=O)Nc1ccc(F)c([N+](=O)[O-])c1. The van der Waals surface area contributed by atoms with Gasteiger partial charge in [0.25, 0.3) is 5.91 Å². The van der Waals surface area contributed by atoms with Crippen LogP contribution in [0.5, 0.6) is 0 Å². The quantitative estimate of drug-likeness (QED) is 0.402. The Labute approximate surface area is 156 Å². The van der Waals surface area contributed by atoms with Crippen LogP contribution in [0, 0.1) is 15.9 Å². The molecule has 1 atom stereocenters. The zero-order chi connectivity index (χ0) is 19.6. The zero-order valence-corrected chi connectivity index (χ0v) is 14.8. The molecule has 1 aromatic heterocycles. The first-order valence-corrected chi connectivity index (χ1v) is 8.61. The third-order valence-corrected chi connectivity index (χ3v) is 4.79. The smallest absolute Gasteiger partial charge is 0.349 e. The number of nitrogens with one attached hydrogen (secondary N) is 1. The highest BCUT2D eigenvalue weighted by Crippen LogP contribution is 2.26. The van der Waals surface area contributed by atoms with E-state index in [1.165, 1.54) is 24.3 Å². The lowest BCUT2D eigenvalue weighted by Gasteiger charge is -2.13. The Morgan fingerprint density at radius 3 is 2.67 bits per heavy atom. The number of esters is 1. The van der Waals surface area contributed by atoms with Crippen molar-refractivity contribution in [2.75, 3.05) is 5.32 Å². The van der Waals surface area contributed by atoms with Crippen molar-refractivity contribution in [1.82, 2.24) is 0 Å². The maximum Gasteiger partial charge on any atom is 0.349 e. The summed E-state index contributed by atoms with van der Waals surface area (Å²) in [7, 11) is 0. The van der Waals surface area contributed by atoms with E-state index in [4.69, 9.17) is 4.74 Å². The maximum absolute atomic E-state index is 13.3. The van der Waals surface area contributed by atoms with Crippen molar-refractivity contribution in [1.29, 1.82) is 0 Å². The van der Waals surface area contributed by atoms with Gasteiger partial charge >= 0.3 is 11.7 Å². The summed E-state index contributed by atoms with van der Waals surface area (Å²) < 4.78 is 19.4. The topological polar surface area (TPSA) is 98.5 Å². The number of ether oxygens (including phenoxy) is 1. The number of nitro groups is 1. The third-order valence-electron chi connectivity index (χ3n) is 3.69. The molecule has 1 heterocycles. The minimum atomic E-state index is -1.15. The number of hydrogen-bond donors (Lipinski definition) is 1. The Morgan fingerprint density at radius 1 is 1.22 bits per heavy atom. The number of thiophene rings is 1. The summed E-state index contributed by atoms with van der Waals surface area (Å²) in [6, 6.07) is 12.1. The molecule has 1 N–H and O–H groups in total. The number of anilines is 1. The van der Waals surface area contributed by atoms with Crippen LogP contribution >= 0.6 is 11.3 Å². The molecule has 7 nitrogen and oxygen atoms in total. The molecule has 0 fully saturated rings. The van der Waals surface area contributed by atoms with Gasteiger partial charge in [-0.25, -0.2) is 4.79 Å². The first-order chi connectivity index (χ1) is 12.8. The van der Waals surface area contributed by atoms with Crippen LogP contribution in [0.3, 0.4) is 0 Å². The van der Waals surface area contributed by atoms with E-state index >= 15 is 0 Å². The monoisotopic (exact) mass is 388 g/mol. The summed E-state index contributed by atoms with van der Waals surface area (Å²) in [4.78, 5) is 34.6. The van der Waals surface area contributed by atoms with Gasteiger partial charge in [0.1, 0.15) is 4.88 Å². The number of benzene rings is 2. The predicted molar refractivity (Wildman–Crippen MR) is 98.4 cm³/mol. The van der Waals surface area contributed by atoms with Crippen LogP contribution in [-0.4, -0.2) is 22.9 Å². The molecule has 0 aliphatic rings. The van der Waals surface area contributed by atoms with Gasteiger partial charge in [0.15, 0.2) is 6.10 Å². The van der Waals surface area contributed by atoms with Crippen LogP contribution in [0.25, 0.3) is 10.1 Å². The molecule has 0 aliphatic heterocycles. The average Bonchev–Trinajstić information content (AvgIpc) is 3.07. The van der Waals surface area contributed by atoms with E-state index in [-0.39, 0.29) is 5.69 Å². The molecule has 0 saturated heterocycles. The van der Waals surface area contributed by atoms with Gasteiger partial charge in [-0.15, -0.1) is 11.3 Å². The van der Waals surface area contributed by atoms with Gasteiger partial charge in [0.2, 0.25) is 5.82 Å². The normalized spacial score (nSPS) is 11.8. The number of carbonyl (C=O) groups excluding carboxylic acids is 2.